The van der Waals surface area contributed by atoms with Gasteiger partial charge in [0.25, 0.3) is 0 Å². The second kappa shape index (κ2) is 4.33. The molecule has 17 heavy (non-hydrogen) atoms. The van der Waals surface area contributed by atoms with Gasteiger partial charge in [-0.05, 0) is 42.5 Å². The lowest BCUT2D eigenvalue weighted by Gasteiger charge is -2.34. The predicted molar refractivity (Wildman–Crippen MR) is 70.2 cm³/mol. The largest absolute Gasteiger partial charge is 0.327 e. The van der Waals surface area contributed by atoms with Crippen LogP contribution < -0.4 is 5.73 Å². The van der Waals surface area contributed by atoms with Gasteiger partial charge in [0.15, 0.2) is 0 Å². The van der Waals surface area contributed by atoms with Gasteiger partial charge in [-0.25, -0.2) is 0 Å². The molecule has 90 valence electrons. The van der Waals surface area contributed by atoms with Crippen LogP contribution >= 0.6 is 11.5 Å². The monoisotopic (exact) mass is 248 g/mol. The number of fused-ring (bicyclic) bond motifs is 1. The molecule has 4 nitrogen and oxygen atoms in total. The van der Waals surface area contributed by atoms with E-state index in [9.17, 15) is 0 Å². The van der Waals surface area contributed by atoms with E-state index in [1.54, 1.807) is 0 Å². The Morgan fingerprint density at radius 2 is 2.35 bits per heavy atom. The van der Waals surface area contributed by atoms with Crippen LogP contribution in [-0.4, -0.2) is 40.4 Å². The number of hydrogen-bond acceptors (Lipinski definition) is 5. The summed E-state index contributed by atoms with van der Waals surface area (Å²) < 4.78 is 5.45. The third kappa shape index (κ3) is 2.06. The fraction of sp³-hybridized carbons (Fsp3) is 0.500. The van der Waals surface area contributed by atoms with Crippen LogP contribution in [0, 0.1) is 0 Å². The molecule has 3 heterocycles. The summed E-state index contributed by atoms with van der Waals surface area (Å²) in [6.45, 7) is 2.07. The minimum Gasteiger partial charge on any atom is -0.327 e. The Kier molecular flexibility index (Phi) is 2.82. The molecular weight excluding hydrogens is 232 g/mol. The quantitative estimate of drug-likeness (QED) is 0.829. The van der Waals surface area contributed by atoms with E-state index in [1.807, 2.05) is 12.4 Å². The zero-order chi connectivity index (χ0) is 11.8. The molecule has 0 aliphatic carbocycles. The fourth-order valence-electron chi connectivity index (χ4n) is 2.71. The molecule has 0 spiro atoms. The van der Waals surface area contributed by atoms with Crippen molar-refractivity contribution in [3.05, 3.63) is 24.0 Å². The number of piperidine rings is 1. The number of pyridine rings is 1. The second-order valence-electron chi connectivity index (χ2n) is 4.85. The van der Waals surface area contributed by atoms with Crippen LogP contribution in [-0.2, 0) is 0 Å². The molecule has 3 rings (SSSR count). The Morgan fingerprint density at radius 3 is 3.18 bits per heavy atom. The number of hydrogen-bond donors (Lipinski definition) is 1. The second-order valence-corrected chi connectivity index (χ2v) is 5.66. The Balaban J connectivity index is 2.00. The van der Waals surface area contributed by atoms with Gasteiger partial charge in [-0.15, -0.1) is 0 Å². The number of aromatic nitrogens is 2. The highest BCUT2D eigenvalue weighted by Gasteiger charge is 2.25. The maximum Gasteiger partial charge on any atom is 0.101 e. The molecule has 2 atom stereocenters. The molecule has 0 bridgehead atoms. The van der Waals surface area contributed by atoms with Crippen LogP contribution in [0.5, 0.6) is 0 Å². The van der Waals surface area contributed by atoms with Crippen molar-refractivity contribution in [2.75, 3.05) is 20.1 Å². The number of rotatable bonds is 1. The first-order valence-electron chi connectivity index (χ1n) is 5.87. The molecule has 0 aromatic carbocycles. The summed E-state index contributed by atoms with van der Waals surface area (Å²) in [6.07, 6.45) is 4.78. The molecule has 0 amide bonds. The van der Waals surface area contributed by atoms with Crippen molar-refractivity contribution in [3.8, 4) is 0 Å². The zero-order valence-corrected chi connectivity index (χ0v) is 10.7. The van der Waals surface area contributed by atoms with Crippen LogP contribution in [0.3, 0.4) is 0 Å². The van der Waals surface area contributed by atoms with Crippen molar-refractivity contribution in [1.82, 2.24) is 14.3 Å². The lowest BCUT2D eigenvalue weighted by atomic mass is 9.89. The van der Waals surface area contributed by atoms with Crippen molar-refractivity contribution in [2.24, 2.45) is 5.73 Å². The molecule has 1 fully saturated rings. The van der Waals surface area contributed by atoms with Gasteiger partial charge in [0.2, 0.25) is 0 Å². The van der Waals surface area contributed by atoms with Gasteiger partial charge in [-0.2, -0.15) is 4.37 Å². The topological polar surface area (TPSA) is 55.0 Å². The number of nitrogens with zero attached hydrogens (tertiary/aromatic N) is 3. The van der Waals surface area contributed by atoms with E-state index in [2.05, 4.69) is 27.4 Å². The van der Waals surface area contributed by atoms with E-state index in [4.69, 9.17) is 5.73 Å². The summed E-state index contributed by atoms with van der Waals surface area (Å²) >= 11 is 1.54. The fourth-order valence-corrected chi connectivity index (χ4v) is 3.51. The minimum atomic E-state index is 0.273. The predicted octanol–water partition coefficient (Wildman–Crippen LogP) is 1.44. The zero-order valence-electron chi connectivity index (χ0n) is 9.84. The summed E-state index contributed by atoms with van der Waals surface area (Å²) in [5.74, 6) is 0.509. The summed E-state index contributed by atoms with van der Waals surface area (Å²) in [6, 6.07) is 2.40. The maximum atomic E-state index is 6.10. The van der Waals surface area contributed by atoms with Crippen molar-refractivity contribution >= 4 is 21.7 Å². The lowest BCUT2D eigenvalue weighted by Crippen LogP contribution is -2.44. The third-order valence-electron chi connectivity index (χ3n) is 3.39. The van der Waals surface area contributed by atoms with Gasteiger partial charge in [-0.1, -0.05) is 0 Å². The van der Waals surface area contributed by atoms with Crippen molar-refractivity contribution < 1.29 is 0 Å². The van der Waals surface area contributed by atoms with Gasteiger partial charge in [-0.3, -0.25) is 4.98 Å². The maximum absolute atomic E-state index is 6.10. The van der Waals surface area contributed by atoms with Crippen molar-refractivity contribution in [1.29, 1.82) is 0 Å². The van der Waals surface area contributed by atoms with Crippen LogP contribution in [0.15, 0.2) is 18.5 Å². The normalized spacial score (nSPS) is 26.5. The summed E-state index contributed by atoms with van der Waals surface area (Å²) in [5, 5.41) is 0. The Hall–Kier alpha value is -1.04. The molecule has 2 aromatic rings. The van der Waals surface area contributed by atoms with Gasteiger partial charge in [0.1, 0.15) is 5.52 Å². The number of nitrogens with two attached hydrogens (primary N) is 1. The van der Waals surface area contributed by atoms with Crippen LogP contribution in [0.25, 0.3) is 10.2 Å². The van der Waals surface area contributed by atoms with E-state index in [0.717, 1.165) is 25.0 Å². The number of likely N-dealkylation sites (N-methyl/N-ethyl adjacent to an activating group) is 1. The SMILES string of the molecule is CN1CC(N)CC(c2ccnc3cnsc23)C1. The Bertz CT molecular complexity index is 514. The summed E-state index contributed by atoms with van der Waals surface area (Å²) in [7, 11) is 2.14. The van der Waals surface area contributed by atoms with Crippen LogP contribution in [0.2, 0.25) is 0 Å². The van der Waals surface area contributed by atoms with Crippen LogP contribution in [0.1, 0.15) is 17.9 Å². The third-order valence-corrected chi connectivity index (χ3v) is 4.23. The van der Waals surface area contributed by atoms with E-state index < -0.39 is 0 Å². The van der Waals surface area contributed by atoms with Gasteiger partial charge < -0.3 is 10.6 Å². The van der Waals surface area contributed by atoms with E-state index in [-0.39, 0.29) is 6.04 Å². The van der Waals surface area contributed by atoms with Gasteiger partial charge in [0, 0.05) is 25.3 Å². The summed E-state index contributed by atoms with van der Waals surface area (Å²) in [5.41, 5.74) is 8.47. The Labute approximate surface area is 105 Å². The molecule has 2 unspecified atom stereocenters. The standard InChI is InChI=1S/C12H16N4S/c1-16-6-8(4-9(13)7-16)10-2-3-14-11-5-15-17-12(10)11/h2-3,5,8-9H,4,6-7,13H2,1H3. The van der Waals surface area contributed by atoms with Crippen LogP contribution in [0.4, 0.5) is 0 Å². The highest BCUT2D eigenvalue weighted by atomic mass is 32.1. The first-order valence-corrected chi connectivity index (χ1v) is 6.65. The molecule has 0 radical (unpaired) electrons. The molecule has 2 aromatic heterocycles. The van der Waals surface area contributed by atoms with E-state index in [1.165, 1.54) is 21.8 Å². The summed E-state index contributed by atoms with van der Waals surface area (Å²) in [4.78, 5) is 6.65. The first kappa shape index (κ1) is 11.1. The lowest BCUT2D eigenvalue weighted by molar-refractivity contribution is 0.228. The highest BCUT2D eigenvalue weighted by Crippen LogP contribution is 2.32. The molecular formula is C12H16N4S. The number of likely N-dealkylation sites (tertiary alicyclic amines) is 1. The Morgan fingerprint density at radius 1 is 1.47 bits per heavy atom. The molecule has 1 aliphatic rings. The van der Waals surface area contributed by atoms with Crippen molar-refractivity contribution in [2.45, 2.75) is 18.4 Å². The van der Waals surface area contributed by atoms with Gasteiger partial charge >= 0.3 is 0 Å². The van der Waals surface area contributed by atoms with E-state index in [0.29, 0.717) is 5.92 Å². The average Bonchev–Trinajstić information content (AvgIpc) is 2.75. The molecule has 1 aliphatic heterocycles. The average molecular weight is 248 g/mol. The first-order chi connectivity index (χ1) is 8.24. The molecule has 2 N–H and O–H groups in total. The highest BCUT2D eigenvalue weighted by molar-refractivity contribution is 7.13. The molecule has 0 saturated carbocycles. The van der Waals surface area contributed by atoms with Crippen molar-refractivity contribution in [3.63, 3.8) is 0 Å². The molecule has 5 heteroatoms. The van der Waals surface area contributed by atoms with E-state index >= 15 is 0 Å². The molecule has 1 saturated heterocycles. The minimum absolute atomic E-state index is 0.273. The van der Waals surface area contributed by atoms with Gasteiger partial charge in [0.05, 0.1) is 10.9 Å². The smallest absolute Gasteiger partial charge is 0.101 e.